The zero-order valence-corrected chi connectivity index (χ0v) is 9.95. The number of rotatable bonds is 5. The second-order valence-corrected chi connectivity index (χ2v) is 4.54. The molecule has 1 N–H and O–H groups in total. The number of aromatic nitrogens is 1. The van der Waals surface area contributed by atoms with Crippen molar-refractivity contribution >= 4 is 11.3 Å². The van der Waals surface area contributed by atoms with Gasteiger partial charge in [0.2, 0.25) is 0 Å². The Balaban J connectivity index is 2.16. The van der Waals surface area contributed by atoms with Crippen LogP contribution in [0.2, 0.25) is 0 Å². The Morgan fingerprint density at radius 2 is 2.36 bits per heavy atom. The molecule has 1 aromatic rings. The van der Waals surface area contributed by atoms with Crippen LogP contribution in [0.1, 0.15) is 24.4 Å². The average molecular weight is 210 g/mol. The van der Waals surface area contributed by atoms with E-state index in [1.807, 2.05) is 5.51 Å². The minimum atomic E-state index is 0.972. The Morgan fingerprint density at radius 3 is 2.93 bits per heavy atom. The molecule has 0 fully saturated rings. The molecule has 1 rings (SSSR count). The van der Waals surface area contributed by atoms with Crippen LogP contribution in [0.15, 0.2) is 17.2 Å². The average Bonchev–Trinajstić information content (AvgIpc) is 2.51. The van der Waals surface area contributed by atoms with Gasteiger partial charge in [0.15, 0.2) is 0 Å². The van der Waals surface area contributed by atoms with E-state index in [1.165, 1.54) is 16.1 Å². The van der Waals surface area contributed by atoms with E-state index in [4.69, 9.17) is 0 Å². The van der Waals surface area contributed by atoms with Crippen molar-refractivity contribution in [1.29, 1.82) is 0 Å². The molecule has 0 spiro atoms. The van der Waals surface area contributed by atoms with E-state index in [0.29, 0.717) is 0 Å². The third kappa shape index (κ3) is 4.03. The molecular weight excluding hydrogens is 192 g/mol. The first-order chi connectivity index (χ1) is 6.70. The first-order valence-electron chi connectivity index (χ1n) is 4.93. The van der Waals surface area contributed by atoms with Gasteiger partial charge in [0.05, 0.1) is 11.2 Å². The van der Waals surface area contributed by atoms with Crippen LogP contribution in [-0.2, 0) is 6.42 Å². The molecule has 0 aromatic carbocycles. The van der Waals surface area contributed by atoms with Gasteiger partial charge in [-0.2, -0.15) is 0 Å². The maximum absolute atomic E-state index is 4.22. The zero-order chi connectivity index (χ0) is 10.4. The van der Waals surface area contributed by atoms with E-state index >= 15 is 0 Å². The summed E-state index contributed by atoms with van der Waals surface area (Å²) in [4.78, 5) is 5.62. The Morgan fingerprint density at radius 1 is 1.57 bits per heavy atom. The molecule has 0 aliphatic carbocycles. The van der Waals surface area contributed by atoms with E-state index < -0.39 is 0 Å². The molecule has 0 unspecified atom stereocenters. The predicted molar refractivity (Wildman–Crippen MR) is 62.9 cm³/mol. The van der Waals surface area contributed by atoms with Gasteiger partial charge in [-0.3, -0.25) is 0 Å². The zero-order valence-electron chi connectivity index (χ0n) is 9.13. The van der Waals surface area contributed by atoms with Crippen molar-refractivity contribution in [2.45, 2.75) is 27.2 Å². The molecular formula is C11H18N2S. The second-order valence-electron chi connectivity index (χ2n) is 3.60. The van der Waals surface area contributed by atoms with Gasteiger partial charge in [0.25, 0.3) is 0 Å². The number of allylic oxidation sites excluding steroid dienone is 1. The van der Waals surface area contributed by atoms with Crippen molar-refractivity contribution in [3.63, 3.8) is 0 Å². The lowest BCUT2D eigenvalue weighted by atomic mass is 10.3. The molecule has 78 valence electrons. The quantitative estimate of drug-likeness (QED) is 0.597. The Kier molecular flexibility index (Phi) is 4.84. The number of hydrogen-bond acceptors (Lipinski definition) is 3. The van der Waals surface area contributed by atoms with Gasteiger partial charge >= 0.3 is 0 Å². The van der Waals surface area contributed by atoms with Crippen LogP contribution < -0.4 is 5.32 Å². The molecule has 3 heteroatoms. The lowest BCUT2D eigenvalue weighted by molar-refractivity contribution is 0.745. The SMILES string of the molecule is CC(C)=CCNCCc1scnc1C. The summed E-state index contributed by atoms with van der Waals surface area (Å²) in [6.45, 7) is 8.32. The molecule has 0 amide bonds. The van der Waals surface area contributed by atoms with Crippen molar-refractivity contribution in [2.75, 3.05) is 13.1 Å². The number of aryl methyl sites for hydroxylation is 1. The predicted octanol–water partition coefficient (Wildman–Crippen LogP) is 2.55. The molecule has 0 aliphatic heterocycles. The highest BCUT2D eigenvalue weighted by Gasteiger charge is 1.99. The Bertz CT molecular complexity index is 298. The smallest absolute Gasteiger partial charge is 0.0797 e. The summed E-state index contributed by atoms with van der Waals surface area (Å²) in [5.74, 6) is 0. The molecule has 1 aromatic heterocycles. The topological polar surface area (TPSA) is 24.9 Å². The van der Waals surface area contributed by atoms with E-state index in [9.17, 15) is 0 Å². The van der Waals surface area contributed by atoms with Crippen LogP contribution in [0.4, 0.5) is 0 Å². The third-order valence-corrected chi connectivity index (χ3v) is 3.02. The molecule has 0 saturated heterocycles. The van der Waals surface area contributed by atoms with Gasteiger partial charge in [0, 0.05) is 18.0 Å². The van der Waals surface area contributed by atoms with Crippen LogP contribution in [0.3, 0.4) is 0 Å². The molecule has 2 nitrogen and oxygen atoms in total. The monoisotopic (exact) mass is 210 g/mol. The van der Waals surface area contributed by atoms with Crippen molar-refractivity contribution in [3.05, 3.63) is 27.7 Å². The molecule has 14 heavy (non-hydrogen) atoms. The lowest BCUT2D eigenvalue weighted by Gasteiger charge is -2.00. The summed E-state index contributed by atoms with van der Waals surface area (Å²) in [7, 11) is 0. The standard InChI is InChI=1S/C11H18N2S/c1-9(2)4-6-12-7-5-11-10(3)13-8-14-11/h4,8,12H,5-7H2,1-3H3. The number of nitrogens with one attached hydrogen (secondary N) is 1. The summed E-state index contributed by atoms with van der Waals surface area (Å²) in [6, 6.07) is 0. The van der Waals surface area contributed by atoms with Crippen molar-refractivity contribution in [1.82, 2.24) is 10.3 Å². The fourth-order valence-electron chi connectivity index (χ4n) is 1.15. The van der Waals surface area contributed by atoms with E-state index in [0.717, 1.165) is 19.5 Å². The highest BCUT2D eigenvalue weighted by atomic mass is 32.1. The van der Waals surface area contributed by atoms with Crippen LogP contribution >= 0.6 is 11.3 Å². The normalized spacial score (nSPS) is 10.2. The highest BCUT2D eigenvalue weighted by molar-refractivity contribution is 7.09. The largest absolute Gasteiger partial charge is 0.313 e. The fourth-order valence-corrected chi connectivity index (χ4v) is 1.93. The van der Waals surface area contributed by atoms with Crippen molar-refractivity contribution < 1.29 is 0 Å². The number of nitrogens with zero attached hydrogens (tertiary/aromatic N) is 1. The highest BCUT2D eigenvalue weighted by Crippen LogP contribution is 2.11. The van der Waals surface area contributed by atoms with Crippen molar-refractivity contribution in [3.8, 4) is 0 Å². The third-order valence-electron chi connectivity index (χ3n) is 2.03. The maximum atomic E-state index is 4.22. The van der Waals surface area contributed by atoms with Crippen molar-refractivity contribution in [2.24, 2.45) is 0 Å². The summed E-state index contributed by atoms with van der Waals surface area (Å²) in [6.07, 6.45) is 3.30. The van der Waals surface area contributed by atoms with E-state index in [-0.39, 0.29) is 0 Å². The first-order valence-corrected chi connectivity index (χ1v) is 5.81. The summed E-state index contributed by atoms with van der Waals surface area (Å²) in [5, 5.41) is 3.38. The number of thiazole rings is 1. The first kappa shape index (κ1) is 11.4. The van der Waals surface area contributed by atoms with Gasteiger partial charge in [0.1, 0.15) is 0 Å². The minimum absolute atomic E-state index is 0.972. The van der Waals surface area contributed by atoms with Gasteiger partial charge < -0.3 is 5.32 Å². The lowest BCUT2D eigenvalue weighted by Crippen LogP contribution is -2.17. The second kappa shape index (κ2) is 5.94. The van der Waals surface area contributed by atoms with Gasteiger partial charge in [-0.15, -0.1) is 11.3 Å². The van der Waals surface area contributed by atoms with Gasteiger partial charge in [-0.05, 0) is 27.2 Å². The molecule has 0 atom stereocenters. The summed E-state index contributed by atoms with van der Waals surface area (Å²) >= 11 is 1.75. The molecule has 0 saturated carbocycles. The van der Waals surface area contributed by atoms with Gasteiger partial charge in [-0.25, -0.2) is 4.98 Å². The molecule has 0 radical (unpaired) electrons. The molecule has 0 aliphatic rings. The van der Waals surface area contributed by atoms with E-state index in [2.05, 4.69) is 37.1 Å². The maximum Gasteiger partial charge on any atom is 0.0797 e. The summed E-state index contributed by atoms with van der Waals surface area (Å²) < 4.78 is 0. The van der Waals surface area contributed by atoms with Gasteiger partial charge in [-0.1, -0.05) is 11.6 Å². The van der Waals surface area contributed by atoms with E-state index in [1.54, 1.807) is 11.3 Å². The molecule has 1 heterocycles. The Labute approximate surface area is 90.1 Å². The van der Waals surface area contributed by atoms with Crippen LogP contribution in [0, 0.1) is 6.92 Å². The molecule has 0 bridgehead atoms. The van der Waals surface area contributed by atoms with Crippen LogP contribution in [-0.4, -0.2) is 18.1 Å². The number of hydrogen-bond donors (Lipinski definition) is 1. The summed E-state index contributed by atoms with van der Waals surface area (Å²) in [5.41, 5.74) is 4.46. The van der Waals surface area contributed by atoms with Crippen LogP contribution in [0.25, 0.3) is 0 Å². The fraction of sp³-hybridized carbons (Fsp3) is 0.545. The Hall–Kier alpha value is -0.670. The minimum Gasteiger partial charge on any atom is -0.313 e. The van der Waals surface area contributed by atoms with Crippen LogP contribution in [0.5, 0.6) is 0 Å².